The van der Waals surface area contributed by atoms with E-state index in [4.69, 9.17) is 28.4 Å². The summed E-state index contributed by atoms with van der Waals surface area (Å²) < 4.78 is 33.9. The maximum absolute atomic E-state index is 13.2. The van der Waals surface area contributed by atoms with E-state index in [-0.39, 0.29) is 11.5 Å². The summed E-state index contributed by atoms with van der Waals surface area (Å²) >= 11 is 0. The molecule has 0 spiro atoms. The van der Waals surface area contributed by atoms with Gasteiger partial charge >= 0.3 is 0 Å². The maximum Gasteiger partial charge on any atom is 0.231 e. The molecule has 0 aliphatic carbocycles. The Morgan fingerprint density at radius 3 is 2.39 bits per heavy atom. The van der Waals surface area contributed by atoms with Crippen LogP contribution in [0.5, 0.6) is 28.7 Å². The molecule has 0 radical (unpaired) electrons. The van der Waals surface area contributed by atoms with Crippen LogP contribution in [-0.4, -0.2) is 83.0 Å². The average Bonchev–Trinajstić information content (AvgIpc) is 3.23. The highest BCUT2D eigenvalue weighted by molar-refractivity contribution is 6.15. The van der Waals surface area contributed by atoms with E-state index in [1.54, 1.807) is 45.6 Å². The smallest absolute Gasteiger partial charge is 0.231 e. The topological polar surface area (TPSA) is 78.9 Å². The molecule has 9 heteroatoms. The third-order valence-electron chi connectivity index (χ3n) is 6.72. The van der Waals surface area contributed by atoms with E-state index < -0.39 is 0 Å². The molecule has 3 heterocycles. The summed E-state index contributed by atoms with van der Waals surface area (Å²) in [5.41, 5.74) is 2.16. The number of carbonyl (C=O) groups is 1. The van der Waals surface area contributed by atoms with Crippen LogP contribution in [-0.2, 0) is 11.3 Å². The maximum atomic E-state index is 13.2. The van der Waals surface area contributed by atoms with Gasteiger partial charge in [-0.1, -0.05) is 0 Å². The van der Waals surface area contributed by atoms with Crippen molar-refractivity contribution in [1.82, 2.24) is 9.80 Å². The van der Waals surface area contributed by atoms with Crippen molar-refractivity contribution in [3.8, 4) is 28.7 Å². The first kappa shape index (κ1) is 24.4. The normalized spacial score (nSPS) is 18.9. The molecule has 0 atom stereocenters. The second-order valence-electron chi connectivity index (χ2n) is 8.95. The third-order valence-corrected chi connectivity index (χ3v) is 6.72. The number of hydrogen-bond acceptors (Lipinski definition) is 9. The Balaban J connectivity index is 1.32. The van der Waals surface area contributed by atoms with Gasteiger partial charge in [0.1, 0.15) is 18.2 Å². The molecule has 1 fully saturated rings. The van der Waals surface area contributed by atoms with Gasteiger partial charge in [0, 0.05) is 26.2 Å². The van der Waals surface area contributed by atoms with Crippen LogP contribution in [0.2, 0.25) is 0 Å². The van der Waals surface area contributed by atoms with Crippen LogP contribution < -0.4 is 23.7 Å². The number of nitrogens with zero attached hydrogens (tertiary/aromatic N) is 2. The summed E-state index contributed by atoms with van der Waals surface area (Å²) in [5.74, 6) is 2.93. The Hall–Kier alpha value is -3.27. The predicted octanol–water partition coefficient (Wildman–Crippen LogP) is 3.20. The number of hydrogen-bond donors (Lipinski definition) is 0. The number of carbonyl (C=O) groups excluding carboxylic acids is 1. The Labute approximate surface area is 211 Å². The molecule has 0 N–H and O–H groups in total. The molecule has 0 aromatic heterocycles. The molecule has 0 amide bonds. The fraction of sp³-hybridized carbons (Fsp3) is 0.444. The first-order valence-corrected chi connectivity index (χ1v) is 12.2. The standard InChI is InChI=1S/C27H32N2O7/c1-31-23-14-18(15-24(32-2)27(23)33-3)13-22-25(30)19-5-6-21-20(26(19)36-22)16-29(17-35-21)8-4-7-28-9-11-34-12-10-28/h5-6,13-15H,4,7-12,16-17H2,1-3H3/b22-13-. The Morgan fingerprint density at radius 1 is 0.972 bits per heavy atom. The van der Waals surface area contributed by atoms with Crippen LogP contribution in [0, 0.1) is 0 Å². The van der Waals surface area contributed by atoms with E-state index >= 15 is 0 Å². The van der Waals surface area contributed by atoms with E-state index in [9.17, 15) is 4.79 Å². The largest absolute Gasteiger partial charge is 0.493 e. The number of benzene rings is 2. The first-order valence-electron chi connectivity index (χ1n) is 12.2. The van der Waals surface area contributed by atoms with Crippen LogP contribution in [0.1, 0.15) is 27.9 Å². The summed E-state index contributed by atoms with van der Waals surface area (Å²) in [6, 6.07) is 7.20. The van der Waals surface area contributed by atoms with Crippen LogP contribution in [0.3, 0.4) is 0 Å². The number of ether oxygens (including phenoxy) is 6. The number of morpholine rings is 1. The van der Waals surface area contributed by atoms with Crippen molar-refractivity contribution in [1.29, 1.82) is 0 Å². The quantitative estimate of drug-likeness (QED) is 0.512. The fourth-order valence-corrected chi connectivity index (χ4v) is 4.83. The molecule has 1 saturated heterocycles. The monoisotopic (exact) mass is 496 g/mol. The number of methoxy groups -OCH3 is 3. The van der Waals surface area contributed by atoms with E-state index in [1.165, 1.54) is 0 Å². The highest BCUT2D eigenvalue weighted by Gasteiger charge is 2.33. The van der Waals surface area contributed by atoms with Gasteiger partial charge in [-0.05, 0) is 48.9 Å². The Morgan fingerprint density at radius 2 is 1.69 bits per heavy atom. The highest BCUT2D eigenvalue weighted by Crippen LogP contribution is 2.43. The van der Waals surface area contributed by atoms with Crippen LogP contribution in [0.15, 0.2) is 30.0 Å². The zero-order valence-electron chi connectivity index (χ0n) is 21.0. The Kier molecular flexibility index (Phi) is 7.31. The van der Waals surface area contributed by atoms with Crippen molar-refractivity contribution >= 4 is 11.9 Å². The van der Waals surface area contributed by atoms with Crippen molar-refractivity contribution in [3.05, 3.63) is 46.7 Å². The molecule has 0 unspecified atom stereocenters. The highest BCUT2D eigenvalue weighted by atomic mass is 16.5. The number of ketones is 1. The summed E-state index contributed by atoms with van der Waals surface area (Å²) in [4.78, 5) is 17.9. The van der Waals surface area contributed by atoms with Gasteiger partial charge in [0.25, 0.3) is 0 Å². The van der Waals surface area contributed by atoms with Gasteiger partial charge in [0.2, 0.25) is 11.5 Å². The molecule has 3 aliphatic rings. The molecule has 0 bridgehead atoms. The van der Waals surface area contributed by atoms with Gasteiger partial charge in [0.05, 0.1) is 45.7 Å². The second-order valence-corrected chi connectivity index (χ2v) is 8.95. The molecular formula is C27H32N2O7. The minimum atomic E-state index is -0.161. The van der Waals surface area contributed by atoms with Crippen molar-refractivity contribution in [2.75, 3.05) is 67.5 Å². The lowest BCUT2D eigenvalue weighted by Gasteiger charge is -2.31. The van der Waals surface area contributed by atoms with Gasteiger partial charge in [-0.3, -0.25) is 14.6 Å². The number of allylic oxidation sites excluding steroid dienone is 1. The fourth-order valence-electron chi connectivity index (χ4n) is 4.83. The minimum absolute atomic E-state index is 0.161. The molecule has 2 aromatic carbocycles. The lowest BCUT2D eigenvalue weighted by Crippen LogP contribution is -2.39. The van der Waals surface area contributed by atoms with Crippen molar-refractivity contribution in [2.24, 2.45) is 0 Å². The van der Waals surface area contributed by atoms with E-state index in [1.807, 2.05) is 6.07 Å². The van der Waals surface area contributed by atoms with Crippen molar-refractivity contribution in [2.45, 2.75) is 13.0 Å². The third kappa shape index (κ3) is 4.86. The zero-order chi connectivity index (χ0) is 25.1. The number of rotatable bonds is 8. The zero-order valence-corrected chi connectivity index (χ0v) is 21.0. The molecule has 9 nitrogen and oxygen atoms in total. The SMILES string of the molecule is COc1cc(/C=C2\Oc3c(ccc4c3CN(CCCN3CCOCC3)CO4)C2=O)cc(OC)c1OC. The predicted molar refractivity (Wildman–Crippen MR) is 133 cm³/mol. The van der Waals surface area contributed by atoms with Gasteiger partial charge < -0.3 is 28.4 Å². The van der Waals surface area contributed by atoms with E-state index in [0.717, 1.165) is 57.1 Å². The van der Waals surface area contributed by atoms with E-state index in [2.05, 4.69) is 9.80 Å². The molecule has 3 aliphatic heterocycles. The molecule has 36 heavy (non-hydrogen) atoms. The summed E-state index contributed by atoms with van der Waals surface area (Å²) in [5, 5.41) is 0. The second kappa shape index (κ2) is 10.8. The summed E-state index contributed by atoms with van der Waals surface area (Å²) in [6.07, 6.45) is 2.74. The van der Waals surface area contributed by atoms with Crippen molar-refractivity contribution in [3.63, 3.8) is 0 Å². The lowest BCUT2D eigenvalue weighted by molar-refractivity contribution is 0.0329. The molecule has 2 aromatic rings. The lowest BCUT2D eigenvalue weighted by atomic mass is 10.0. The molecule has 5 rings (SSSR count). The minimum Gasteiger partial charge on any atom is -0.493 e. The number of fused-ring (bicyclic) bond motifs is 3. The van der Waals surface area contributed by atoms with Crippen LogP contribution in [0.4, 0.5) is 0 Å². The van der Waals surface area contributed by atoms with Gasteiger partial charge in [-0.25, -0.2) is 0 Å². The van der Waals surface area contributed by atoms with Crippen LogP contribution >= 0.6 is 0 Å². The van der Waals surface area contributed by atoms with Gasteiger partial charge in [-0.2, -0.15) is 0 Å². The van der Waals surface area contributed by atoms with Gasteiger partial charge in [0.15, 0.2) is 17.3 Å². The molecular weight excluding hydrogens is 464 g/mol. The van der Waals surface area contributed by atoms with Gasteiger partial charge in [-0.15, -0.1) is 0 Å². The van der Waals surface area contributed by atoms with E-state index in [0.29, 0.717) is 47.4 Å². The van der Waals surface area contributed by atoms with Crippen molar-refractivity contribution < 1.29 is 33.2 Å². The van der Waals surface area contributed by atoms with Crippen LogP contribution in [0.25, 0.3) is 6.08 Å². The molecule has 192 valence electrons. The summed E-state index contributed by atoms with van der Waals surface area (Å²) in [6.45, 7) is 6.74. The first-order chi connectivity index (χ1) is 17.6. The number of Topliss-reactive ketones (excluding diaryl/α,β-unsaturated/α-hetero) is 1. The average molecular weight is 497 g/mol. The molecule has 0 saturated carbocycles. The summed E-state index contributed by atoms with van der Waals surface area (Å²) in [7, 11) is 4.66. The Bertz CT molecular complexity index is 1130.